The van der Waals surface area contributed by atoms with E-state index in [9.17, 15) is 5.11 Å². The molecule has 0 bridgehead atoms. The molecule has 21 heavy (non-hydrogen) atoms. The van der Waals surface area contributed by atoms with Gasteiger partial charge in [-0.2, -0.15) is 0 Å². The molecule has 112 valence electrons. The first-order chi connectivity index (χ1) is 10.0. The summed E-state index contributed by atoms with van der Waals surface area (Å²) in [6.07, 6.45) is 0.866. The highest BCUT2D eigenvalue weighted by atomic mass is 35.5. The van der Waals surface area contributed by atoms with Crippen molar-refractivity contribution < 1.29 is 9.84 Å². The van der Waals surface area contributed by atoms with Crippen LogP contribution in [-0.2, 0) is 0 Å². The molecule has 5 heteroatoms. The van der Waals surface area contributed by atoms with Crippen molar-refractivity contribution in [1.29, 1.82) is 0 Å². The lowest BCUT2D eigenvalue weighted by molar-refractivity contribution is 0.373. The first kappa shape index (κ1) is 15.8. The molecular formula is C16H17Cl2NO2. The van der Waals surface area contributed by atoms with E-state index in [1.54, 1.807) is 18.2 Å². The average molecular weight is 326 g/mol. The van der Waals surface area contributed by atoms with E-state index in [1.807, 2.05) is 18.2 Å². The number of halogens is 2. The van der Waals surface area contributed by atoms with E-state index in [4.69, 9.17) is 27.9 Å². The zero-order valence-corrected chi connectivity index (χ0v) is 13.4. The van der Waals surface area contributed by atoms with E-state index in [1.165, 1.54) is 7.11 Å². The summed E-state index contributed by atoms with van der Waals surface area (Å²) >= 11 is 12.0. The minimum absolute atomic E-state index is 0.0764. The van der Waals surface area contributed by atoms with Crippen molar-refractivity contribution in [1.82, 2.24) is 0 Å². The molecule has 0 saturated carbocycles. The SMILES string of the molecule is CCC(Nc1ccc(OC)c(O)c1)c1ccc(Cl)c(Cl)c1. The van der Waals surface area contributed by atoms with Crippen molar-refractivity contribution in [3.05, 3.63) is 52.0 Å². The Morgan fingerprint density at radius 2 is 1.90 bits per heavy atom. The summed E-state index contributed by atoms with van der Waals surface area (Å²) in [7, 11) is 1.52. The molecule has 2 N–H and O–H groups in total. The van der Waals surface area contributed by atoms with Crippen molar-refractivity contribution >= 4 is 28.9 Å². The average Bonchev–Trinajstić information content (AvgIpc) is 2.48. The molecule has 0 spiro atoms. The van der Waals surface area contributed by atoms with Crippen molar-refractivity contribution in [2.75, 3.05) is 12.4 Å². The van der Waals surface area contributed by atoms with Crippen molar-refractivity contribution in [2.24, 2.45) is 0 Å². The largest absolute Gasteiger partial charge is 0.504 e. The van der Waals surface area contributed by atoms with E-state index in [-0.39, 0.29) is 11.8 Å². The summed E-state index contributed by atoms with van der Waals surface area (Å²) in [5, 5.41) is 14.3. The standard InChI is InChI=1S/C16H17Cl2NO2/c1-3-14(10-4-6-12(17)13(18)8-10)19-11-5-7-16(21-2)15(20)9-11/h4-9,14,19-20H,3H2,1-2H3. The quantitative estimate of drug-likeness (QED) is 0.786. The third-order valence-corrected chi connectivity index (χ3v) is 4.01. The van der Waals surface area contributed by atoms with E-state index in [0.717, 1.165) is 17.7 Å². The van der Waals surface area contributed by atoms with Gasteiger partial charge in [0.1, 0.15) is 0 Å². The predicted octanol–water partition coefficient (Wildman–Crippen LogP) is 5.27. The Bertz CT molecular complexity index is 632. The van der Waals surface area contributed by atoms with Crippen molar-refractivity contribution in [2.45, 2.75) is 19.4 Å². The van der Waals surface area contributed by atoms with Gasteiger partial charge in [-0.25, -0.2) is 0 Å². The minimum atomic E-state index is 0.0764. The number of benzene rings is 2. The number of rotatable bonds is 5. The molecule has 0 fully saturated rings. The van der Waals surface area contributed by atoms with Crippen LogP contribution >= 0.6 is 23.2 Å². The molecule has 1 unspecified atom stereocenters. The highest BCUT2D eigenvalue weighted by Gasteiger charge is 2.12. The molecule has 2 rings (SSSR count). The lowest BCUT2D eigenvalue weighted by atomic mass is 10.0. The first-order valence-electron chi connectivity index (χ1n) is 6.63. The van der Waals surface area contributed by atoms with Crippen LogP contribution in [-0.4, -0.2) is 12.2 Å². The maximum absolute atomic E-state index is 9.82. The number of nitrogens with one attached hydrogen (secondary N) is 1. The first-order valence-corrected chi connectivity index (χ1v) is 7.39. The normalized spacial score (nSPS) is 12.0. The van der Waals surface area contributed by atoms with Crippen LogP contribution in [0.2, 0.25) is 10.0 Å². The van der Waals surface area contributed by atoms with Crippen LogP contribution < -0.4 is 10.1 Å². The molecule has 0 radical (unpaired) electrons. The molecular weight excluding hydrogens is 309 g/mol. The predicted molar refractivity (Wildman–Crippen MR) is 87.8 cm³/mol. The van der Waals surface area contributed by atoms with Gasteiger partial charge in [-0.15, -0.1) is 0 Å². The second-order valence-electron chi connectivity index (χ2n) is 4.67. The molecule has 0 amide bonds. The van der Waals surface area contributed by atoms with Crippen LogP contribution in [0, 0.1) is 0 Å². The molecule has 0 aliphatic rings. The summed E-state index contributed by atoms with van der Waals surface area (Å²) in [5.74, 6) is 0.551. The van der Waals surface area contributed by atoms with Gasteiger partial charge in [-0.3, -0.25) is 0 Å². The van der Waals surface area contributed by atoms with Gasteiger partial charge in [0.25, 0.3) is 0 Å². The third-order valence-electron chi connectivity index (χ3n) is 3.27. The molecule has 2 aromatic rings. The minimum Gasteiger partial charge on any atom is -0.504 e. The van der Waals surface area contributed by atoms with E-state index in [0.29, 0.717) is 15.8 Å². The number of phenols is 1. The Labute approximate surface area is 134 Å². The summed E-state index contributed by atoms with van der Waals surface area (Å²) < 4.78 is 5.03. The molecule has 0 saturated heterocycles. The van der Waals surface area contributed by atoms with Gasteiger partial charge < -0.3 is 15.2 Å². The molecule has 0 heterocycles. The van der Waals surface area contributed by atoms with Crippen molar-refractivity contribution in [3.8, 4) is 11.5 Å². The number of methoxy groups -OCH3 is 1. The molecule has 2 aromatic carbocycles. The van der Waals surface area contributed by atoms with Gasteiger partial charge in [-0.1, -0.05) is 36.2 Å². The van der Waals surface area contributed by atoms with Crippen LogP contribution in [0.1, 0.15) is 24.9 Å². The summed E-state index contributed by atoms with van der Waals surface area (Å²) in [4.78, 5) is 0. The van der Waals surface area contributed by atoms with Gasteiger partial charge in [0.2, 0.25) is 0 Å². The topological polar surface area (TPSA) is 41.5 Å². The van der Waals surface area contributed by atoms with E-state index in [2.05, 4.69) is 12.2 Å². The fraction of sp³-hybridized carbons (Fsp3) is 0.250. The fourth-order valence-corrected chi connectivity index (χ4v) is 2.44. The van der Waals surface area contributed by atoms with Crippen molar-refractivity contribution in [3.63, 3.8) is 0 Å². The Morgan fingerprint density at radius 1 is 1.14 bits per heavy atom. The van der Waals surface area contributed by atoms with E-state index < -0.39 is 0 Å². The number of anilines is 1. The van der Waals surface area contributed by atoms with Gasteiger partial charge in [0, 0.05) is 11.8 Å². The summed E-state index contributed by atoms with van der Waals surface area (Å²) in [6.45, 7) is 2.07. The molecule has 3 nitrogen and oxygen atoms in total. The number of phenolic OH excluding ortho intramolecular Hbond substituents is 1. The van der Waals surface area contributed by atoms with Crippen LogP contribution in [0.4, 0.5) is 5.69 Å². The Morgan fingerprint density at radius 3 is 2.48 bits per heavy atom. The lowest BCUT2D eigenvalue weighted by Crippen LogP contribution is -2.09. The molecule has 1 atom stereocenters. The van der Waals surface area contributed by atoms with Crippen LogP contribution in [0.25, 0.3) is 0 Å². The van der Waals surface area contributed by atoms with Gasteiger partial charge in [0.15, 0.2) is 11.5 Å². The number of hydrogen-bond acceptors (Lipinski definition) is 3. The van der Waals surface area contributed by atoms with Gasteiger partial charge in [-0.05, 0) is 36.2 Å². The monoisotopic (exact) mass is 325 g/mol. The number of hydrogen-bond donors (Lipinski definition) is 2. The Balaban J connectivity index is 2.22. The highest BCUT2D eigenvalue weighted by molar-refractivity contribution is 6.42. The van der Waals surface area contributed by atoms with Crippen LogP contribution in [0.15, 0.2) is 36.4 Å². The smallest absolute Gasteiger partial charge is 0.160 e. The maximum Gasteiger partial charge on any atom is 0.160 e. The van der Waals surface area contributed by atoms with Gasteiger partial charge >= 0.3 is 0 Å². The Hall–Kier alpha value is -1.58. The maximum atomic E-state index is 9.82. The fourth-order valence-electron chi connectivity index (χ4n) is 2.13. The molecule has 0 aliphatic heterocycles. The lowest BCUT2D eigenvalue weighted by Gasteiger charge is -2.20. The van der Waals surface area contributed by atoms with Crippen LogP contribution in [0.3, 0.4) is 0 Å². The molecule has 0 aliphatic carbocycles. The number of ether oxygens (including phenoxy) is 1. The second-order valence-corrected chi connectivity index (χ2v) is 5.48. The zero-order valence-electron chi connectivity index (χ0n) is 11.9. The summed E-state index contributed by atoms with van der Waals surface area (Å²) in [5.41, 5.74) is 1.86. The second kappa shape index (κ2) is 6.92. The Kier molecular flexibility index (Phi) is 5.21. The summed E-state index contributed by atoms with van der Waals surface area (Å²) in [6, 6.07) is 10.9. The number of aromatic hydroxyl groups is 1. The van der Waals surface area contributed by atoms with E-state index >= 15 is 0 Å². The highest BCUT2D eigenvalue weighted by Crippen LogP contribution is 2.32. The molecule has 0 aromatic heterocycles. The van der Waals surface area contributed by atoms with Gasteiger partial charge in [0.05, 0.1) is 23.2 Å². The third kappa shape index (κ3) is 3.74. The van der Waals surface area contributed by atoms with Crippen LogP contribution in [0.5, 0.6) is 11.5 Å². The zero-order chi connectivity index (χ0) is 15.4.